The second-order valence-corrected chi connectivity index (χ2v) is 7.16. The van der Waals surface area contributed by atoms with Crippen molar-refractivity contribution in [3.8, 4) is 0 Å². The number of aromatic nitrogens is 2. The lowest BCUT2D eigenvalue weighted by Gasteiger charge is -2.13. The van der Waals surface area contributed by atoms with Gasteiger partial charge in [-0.05, 0) is 51.3 Å². The van der Waals surface area contributed by atoms with Gasteiger partial charge in [0.1, 0.15) is 5.82 Å². The third kappa shape index (κ3) is 2.86. The third-order valence-corrected chi connectivity index (χ3v) is 5.49. The van der Waals surface area contributed by atoms with E-state index in [1.165, 1.54) is 6.07 Å². The molecule has 0 saturated carbocycles. The molecule has 3 aromatic rings. The first-order valence-corrected chi connectivity index (χ1v) is 8.46. The number of halogens is 4. The maximum atomic E-state index is 13.7. The predicted molar refractivity (Wildman–Crippen MR) is 91.5 cm³/mol. The van der Waals surface area contributed by atoms with Crippen molar-refractivity contribution in [1.82, 2.24) is 9.97 Å². The van der Waals surface area contributed by atoms with Gasteiger partial charge in [-0.3, -0.25) is 0 Å². The highest BCUT2D eigenvalue weighted by Gasteiger charge is 2.16. The predicted octanol–water partition coefficient (Wildman–Crippen LogP) is 5.00. The minimum atomic E-state index is -0.316. The van der Waals surface area contributed by atoms with Crippen LogP contribution in [0, 0.1) is 5.82 Å². The summed E-state index contributed by atoms with van der Waals surface area (Å²) in [6, 6.07) is 8.66. The van der Waals surface area contributed by atoms with Crippen LogP contribution in [0.1, 0.15) is 16.0 Å². The van der Waals surface area contributed by atoms with E-state index < -0.39 is 0 Å². The number of nitrogens with one attached hydrogen (secondary N) is 2. The average molecular weight is 479 g/mol. The van der Waals surface area contributed by atoms with Gasteiger partial charge < -0.3 is 9.97 Å². The van der Waals surface area contributed by atoms with Crippen molar-refractivity contribution in [3.63, 3.8) is 0 Å². The molecule has 108 valence electrons. The molecule has 21 heavy (non-hydrogen) atoms. The van der Waals surface area contributed by atoms with E-state index in [1.54, 1.807) is 6.07 Å². The van der Waals surface area contributed by atoms with Crippen LogP contribution in [-0.2, 0) is 0 Å². The summed E-state index contributed by atoms with van der Waals surface area (Å²) in [7, 11) is 0. The highest BCUT2D eigenvalue weighted by atomic mass is 79.9. The first kappa shape index (κ1) is 15.0. The van der Waals surface area contributed by atoms with E-state index in [-0.39, 0.29) is 16.3 Å². The van der Waals surface area contributed by atoms with Gasteiger partial charge >= 0.3 is 5.69 Å². The minimum absolute atomic E-state index is 0.197. The highest BCUT2D eigenvalue weighted by Crippen LogP contribution is 2.37. The van der Waals surface area contributed by atoms with Crippen LogP contribution >= 0.6 is 47.8 Å². The van der Waals surface area contributed by atoms with E-state index in [9.17, 15) is 9.18 Å². The number of benzene rings is 2. The van der Waals surface area contributed by atoms with E-state index in [2.05, 4.69) is 57.8 Å². The van der Waals surface area contributed by atoms with Crippen LogP contribution in [0.4, 0.5) is 4.39 Å². The minimum Gasteiger partial charge on any atom is -0.306 e. The van der Waals surface area contributed by atoms with Crippen molar-refractivity contribution in [3.05, 3.63) is 66.7 Å². The molecule has 3 nitrogen and oxygen atoms in total. The Bertz CT molecular complexity index is 888. The zero-order valence-corrected chi connectivity index (χ0v) is 15.1. The lowest BCUT2D eigenvalue weighted by molar-refractivity contribution is 0.619. The molecule has 0 saturated heterocycles. The van der Waals surface area contributed by atoms with Crippen LogP contribution in [0.15, 0.2) is 44.1 Å². The Balaban J connectivity index is 2.11. The Morgan fingerprint density at radius 3 is 2.33 bits per heavy atom. The maximum Gasteiger partial charge on any atom is 0.323 e. The summed E-state index contributed by atoms with van der Waals surface area (Å²) in [5, 5.41) is 0. The van der Waals surface area contributed by atoms with Crippen molar-refractivity contribution < 1.29 is 4.39 Å². The Kier molecular flexibility index (Phi) is 4.07. The van der Waals surface area contributed by atoms with E-state index in [4.69, 9.17) is 0 Å². The van der Waals surface area contributed by atoms with E-state index in [0.29, 0.717) is 9.99 Å². The summed E-state index contributed by atoms with van der Waals surface area (Å²) in [6.07, 6.45) is 0. The molecule has 7 heteroatoms. The summed E-state index contributed by atoms with van der Waals surface area (Å²) in [5.74, 6) is -0.316. The topological polar surface area (TPSA) is 48.6 Å². The molecule has 1 heterocycles. The van der Waals surface area contributed by atoms with Crippen LogP contribution < -0.4 is 5.69 Å². The van der Waals surface area contributed by atoms with Crippen LogP contribution in [0.25, 0.3) is 11.0 Å². The second-order valence-electron chi connectivity index (χ2n) is 4.53. The van der Waals surface area contributed by atoms with Crippen molar-refractivity contribution in [2.45, 2.75) is 4.83 Å². The van der Waals surface area contributed by atoms with Crippen LogP contribution in [0.5, 0.6) is 0 Å². The number of H-pyrrole nitrogens is 2. The fraction of sp³-hybridized carbons (Fsp3) is 0.0714. The standard InChI is InChI=1S/C14H8Br3FN2O/c15-8-2-1-6(3-10(8)18)13(17)7-4-11-12(5-9(7)16)20-14(21)19-11/h1-5,13H,(H2,19,20,21). The van der Waals surface area contributed by atoms with Crippen LogP contribution in [0.2, 0.25) is 0 Å². The van der Waals surface area contributed by atoms with Crippen molar-refractivity contribution in [1.29, 1.82) is 0 Å². The molecule has 0 amide bonds. The number of hydrogen-bond donors (Lipinski definition) is 2. The summed E-state index contributed by atoms with van der Waals surface area (Å²) >= 11 is 10.2. The van der Waals surface area contributed by atoms with Crippen molar-refractivity contribution in [2.75, 3.05) is 0 Å². The lowest BCUT2D eigenvalue weighted by atomic mass is 10.0. The smallest absolute Gasteiger partial charge is 0.306 e. The average Bonchev–Trinajstić information content (AvgIpc) is 2.79. The van der Waals surface area contributed by atoms with Crippen molar-refractivity contribution in [2.24, 2.45) is 0 Å². The monoisotopic (exact) mass is 476 g/mol. The Morgan fingerprint density at radius 1 is 1.00 bits per heavy atom. The van der Waals surface area contributed by atoms with Gasteiger partial charge in [-0.15, -0.1) is 0 Å². The first-order valence-electron chi connectivity index (χ1n) is 5.96. The molecule has 1 unspecified atom stereocenters. The molecule has 1 atom stereocenters. The van der Waals surface area contributed by atoms with Gasteiger partial charge in [-0.25, -0.2) is 9.18 Å². The molecule has 0 aliphatic rings. The van der Waals surface area contributed by atoms with Crippen LogP contribution in [0.3, 0.4) is 0 Å². The third-order valence-electron chi connectivity index (χ3n) is 3.14. The molecule has 0 spiro atoms. The number of imidazole rings is 1. The van der Waals surface area contributed by atoms with Gasteiger partial charge in [-0.2, -0.15) is 0 Å². The molecular weight excluding hydrogens is 471 g/mol. The molecule has 0 aliphatic carbocycles. The second kappa shape index (κ2) is 5.70. The van der Waals surface area contributed by atoms with Gasteiger partial charge in [0.05, 0.1) is 20.3 Å². The maximum absolute atomic E-state index is 13.7. The Labute approximate surface area is 144 Å². The summed E-state index contributed by atoms with van der Waals surface area (Å²) in [5.41, 5.74) is 2.86. The summed E-state index contributed by atoms with van der Waals surface area (Å²) in [4.78, 5) is 16.6. The summed E-state index contributed by atoms with van der Waals surface area (Å²) in [6.45, 7) is 0. The van der Waals surface area contributed by atoms with Gasteiger partial charge in [0.25, 0.3) is 0 Å². The van der Waals surface area contributed by atoms with E-state index in [0.717, 1.165) is 21.1 Å². The zero-order chi connectivity index (χ0) is 15.1. The van der Waals surface area contributed by atoms with E-state index in [1.807, 2.05) is 18.2 Å². The van der Waals surface area contributed by atoms with Gasteiger partial charge in [-0.1, -0.05) is 37.9 Å². The molecule has 2 N–H and O–H groups in total. The number of alkyl halides is 1. The van der Waals surface area contributed by atoms with Gasteiger partial charge in [0.15, 0.2) is 0 Å². The first-order chi connectivity index (χ1) is 9.95. The molecular formula is C14H8Br3FN2O. The lowest BCUT2D eigenvalue weighted by Crippen LogP contribution is -1.99. The summed E-state index contributed by atoms with van der Waals surface area (Å²) < 4.78 is 14.9. The Morgan fingerprint density at radius 2 is 1.67 bits per heavy atom. The zero-order valence-electron chi connectivity index (χ0n) is 10.4. The molecule has 0 aliphatic heterocycles. The number of hydrogen-bond acceptors (Lipinski definition) is 1. The molecule has 0 bridgehead atoms. The van der Waals surface area contributed by atoms with E-state index >= 15 is 0 Å². The van der Waals surface area contributed by atoms with Crippen molar-refractivity contribution >= 4 is 58.8 Å². The number of aromatic amines is 2. The quantitative estimate of drug-likeness (QED) is 0.500. The van der Waals surface area contributed by atoms with Crippen LogP contribution in [-0.4, -0.2) is 9.97 Å². The van der Waals surface area contributed by atoms with Gasteiger partial charge in [0, 0.05) is 4.47 Å². The highest BCUT2D eigenvalue weighted by molar-refractivity contribution is 9.11. The Hall–Kier alpha value is -0.920. The molecule has 1 aromatic heterocycles. The molecule has 0 fully saturated rings. The molecule has 3 rings (SSSR count). The SMILES string of the molecule is O=c1[nH]c2cc(Br)c(C(Br)c3ccc(Br)c(F)c3)cc2[nH]1. The molecule has 2 aromatic carbocycles. The fourth-order valence-electron chi connectivity index (χ4n) is 2.12. The fourth-order valence-corrected chi connectivity index (χ4v) is 3.91. The van der Waals surface area contributed by atoms with Gasteiger partial charge in [0.2, 0.25) is 0 Å². The number of fused-ring (bicyclic) bond motifs is 1. The largest absolute Gasteiger partial charge is 0.323 e. The molecule has 0 radical (unpaired) electrons. The normalized spacial score (nSPS) is 12.8. The number of rotatable bonds is 2.